The van der Waals surface area contributed by atoms with Crippen molar-refractivity contribution in [3.8, 4) is 16.3 Å². The minimum atomic E-state index is -0.473. The van der Waals surface area contributed by atoms with Gasteiger partial charge in [-0.2, -0.15) is 0 Å². The zero-order valence-electron chi connectivity index (χ0n) is 16.7. The maximum Gasteiger partial charge on any atom is 0.410 e. The molecule has 28 heavy (non-hydrogen) atoms. The molecule has 3 rings (SSSR count). The molecule has 0 spiro atoms. The Morgan fingerprint density at radius 2 is 1.93 bits per heavy atom. The molecule has 0 saturated carbocycles. The van der Waals surface area contributed by atoms with Gasteiger partial charge in [0.1, 0.15) is 16.4 Å². The number of carbonyl (C=O) groups is 1. The molecule has 0 atom stereocenters. The second-order valence-corrected chi connectivity index (χ2v) is 9.23. The molecule has 1 aliphatic heterocycles. The third kappa shape index (κ3) is 5.61. The van der Waals surface area contributed by atoms with Crippen molar-refractivity contribution < 1.29 is 14.3 Å². The first kappa shape index (κ1) is 20.9. The van der Waals surface area contributed by atoms with Crippen LogP contribution in [0.2, 0.25) is 0 Å². The van der Waals surface area contributed by atoms with Crippen molar-refractivity contribution in [2.24, 2.45) is 0 Å². The molecule has 7 heteroatoms. The lowest BCUT2D eigenvalue weighted by molar-refractivity contribution is 0.0258. The van der Waals surface area contributed by atoms with Crippen molar-refractivity contribution in [3.05, 3.63) is 34.8 Å². The van der Waals surface area contributed by atoms with Crippen LogP contribution in [0.5, 0.6) is 5.75 Å². The van der Waals surface area contributed by atoms with Gasteiger partial charge in [0.15, 0.2) is 0 Å². The van der Waals surface area contributed by atoms with Gasteiger partial charge in [-0.3, -0.25) is 0 Å². The number of aromatic nitrogens is 1. The van der Waals surface area contributed by atoms with Crippen LogP contribution in [0.3, 0.4) is 0 Å². The Balaban J connectivity index is 1.63. The van der Waals surface area contributed by atoms with E-state index in [1.165, 1.54) is 4.88 Å². The van der Waals surface area contributed by atoms with Crippen molar-refractivity contribution in [1.29, 1.82) is 0 Å². The highest BCUT2D eigenvalue weighted by molar-refractivity contribution is 7.15. The predicted octanol–water partition coefficient (Wildman–Crippen LogP) is 5.15. The summed E-state index contributed by atoms with van der Waals surface area (Å²) in [7, 11) is 0. The van der Waals surface area contributed by atoms with Crippen LogP contribution in [-0.2, 0) is 17.6 Å². The number of ether oxygens (including phenoxy) is 2. The van der Waals surface area contributed by atoms with Gasteiger partial charge in [-0.15, -0.1) is 22.9 Å². The molecular weight excluding hydrogens is 396 g/mol. The molecule has 1 aromatic carbocycles. The number of amides is 1. The molecule has 0 fully saturated rings. The Morgan fingerprint density at radius 3 is 2.61 bits per heavy atom. The van der Waals surface area contributed by atoms with Crippen LogP contribution >= 0.6 is 22.9 Å². The molecule has 0 unspecified atom stereocenters. The lowest BCUT2D eigenvalue weighted by Gasteiger charge is -2.26. The number of thiazole rings is 1. The molecule has 0 aliphatic carbocycles. The van der Waals surface area contributed by atoms with E-state index in [9.17, 15) is 4.79 Å². The largest absolute Gasteiger partial charge is 0.494 e. The lowest BCUT2D eigenvalue weighted by atomic mass is 10.2. The van der Waals surface area contributed by atoms with E-state index in [4.69, 9.17) is 26.1 Å². The number of hydrogen-bond donors (Lipinski definition) is 0. The maximum absolute atomic E-state index is 12.3. The zero-order chi connectivity index (χ0) is 20.1. The van der Waals surface area contributed by atoms with E-state index in [1.54, 1.807) is 16.2 Å². The Labute approximate surface area is 175 Å². The number of rotatable bonds is 5. The van der Waals surface area contributed by atoms with Gasteiger partial charge in [-0.1, -0.05) is 0 Å². The molecule has 1 amide bonds. The number of benzene rings is 1. The second kappa shape index (κ2) is 9.14. The molecule has 5 nitrogen and oxygen atoms in total. The standard InChI is InChI=1S/C21H27ClN2O3S/c1-21(2,3)27-20(25)24-12-9-17-18(10-13-24)28-19(23-17)15-5-7-16(8-6-15)26-14-4-11-22/h5-8H,4,9-14H2,1-3H3. The number of hydrogen-bond acceptors (Lipinski definition) is 5. The first-order valence-corrected chi connectivity index (χ1v) is 11.0. The highest BCUT2D eigenvalue weighted by Gasteiger charge is 2.25. The molecule has 1 aromatic heterocycles. The molecule has 1 aliphatic rings. The van der Waals surface area contributed by atoms with E-state index in [0.29, 0.717) is 25.6 Å². The van der Waals surface area contributed by atoms with Crippen LogP contribution in [-0.4, -0.2) is 47.2 Å². The van der Waals surface area contributed by atoms with Crippen molar-refractivity contribution in [1.82, 2.24) is 9.88 Å². The molecule has 0 N–H and O–H groups in total. The number of carbonyl (C=O) groups excluding carboxylic acids is 1. The zero-order valence-corrected chi connectivity index (χ0v) is 18.2. The van der Waals surface area contributed by atoms with E-state index in [2.05, 4.69) is 0 Å². The minimum absolute atomic E-state index is 0.243. The fraction of sp³-hybridized carbons (Fsp3) is 0.524. The van der Waals surface area contributed by atoms with Crippen LogP contribution in [0, 0.1) is 0 Å². The summed E-state index contributed by atoms with van der Waals surface area (Å²) in [6, 6.07) is 8.03. The minimum Gasteiger partial charge on any atom is -0.494 e. The highest BCUT2D eigenvalue weighted by atomic mass is 35.5. The van der Waals surface area contributed by atoms with Gasteiger partial charge in [0.2, 0.25) is 0 Å². The number of nitrogens with zero attached hydrogens (tertiary/aromatic N) is 2. The summed E-state index contributed by atoms with van der Waals surface area (Å²) in [4.78, 5) is 20.2. The highest BCUT2D eigenvalue weighted by Crippen LogP contribution is 2.31. The van der Waals surface area contributed by atoms with Gasteiger partial charge in [0.05, 0.1) is 12.3 Å². The Bertz CT molecular complexity index is 773. The van der Waals surface area contributed by atoms with Crippen LogP contribution in [0.1, 0.15) is 37.8 Å². The Kier molecular flexibility index (Phi) is 6.83. The van der Waals surface area contributed by atoms with Crippen LogP contribution in [0.25, 0.3) is 10.6 Å². The SMILES string of the molecule is CC(C)(C)OC(=O)N1CCc2nc(-c3ccc(OCCCCl)cc3)sc2CC1. The van der Waals surface area contributed by atoms with Crippen molar-refractivity contribution in [3.63, 3.8) is 0 Å². The monoisotopic (exact) mass is 422 g/mol. The summed E-state index contributed by atoms with van der Waals surface area (Å²) >= 11 is 7.38. The molecule has 0 radical (unpaired) electrons. The fourth-order valence-corrected chi connectivity index (χ4v) is 4.15. The average Bonchev–Trinajstić information content (AvgIpc) is 2.94. The van der Waals surface area contributed by atoms with Gasteiger partial charge < -0.3 is 14.4 Å². The lowest BCUT2D eigenvalue weighted by Crippen LogP contribution is -2.38. The van der Waals surface area contributed by atoms with Crippen LogP contribution < -0.4 is 4.74 Å². The molecular formula is C21H27ClN2O3S. The van der Waals surface area contributed by atoms with Gasteiger partial charge in [0, 0.05) is 42.3 Å². The second-order valence-electron chi connectivity index (χ2n) is 7.77. The summed E-state index contributed by atoms with van der Waals surface area (Å²) in [5, 5.41) is 1.02. The Hall–Kier alpha value is -1.79. The van der Waals surface area contributed by atoms with E-state index in [1.807, 2.05) is 45.0 Å². The van der Waals surface area contributed by atoms with Crippen molar-refractivity contribution in [2.45, 2.75) is 45.6 Å². The smallest absolute Gasteiger partial charge is 0.410 e. The first-order valence-electron chi connectivity index (χ1n) is 9.61. The van der Waals surface area contributed by atoms with E-state index in [-0.39, 0.29) is 6.09 Å². The number of alkyl halides is 1. The van der Waals surface area contributed by atoms with Gasteiger partial charge in [-0.25, -0.2) is 9.78 Å². The fourth-order valence-electron chi connectivity index (χ4n) is 2.93. The van der Waals surface area contributed by atoms with Crippen molar-refractivity contribution >= 4 is 29.0 Å². The maximum atomic E-state index is 12.3. The van der Waals surface area contributed by atoms with Gasteiger partial charge in [0.25, 0.3) is 0 Å². The summed E-state index contributed by atoms with van der Waals surface area (Å²) in [5.74, 6) is 1.45. The van der Waals surface area contributed by atoms with Crippen molar-refractivity contribution in [2.75, 3.05) is 25.6 Å². The first-order chi connectivity index (χ1) is 13.4. The number of halogens is 1. The van der Waals surface area contributed by atoms with Gasteiger partial charge >= 0.3 is 6.09 Å². The third-order valence-corrected chi connectivity index (χ3v) is 5.78. The Morgan fingerprint density at radius 1 is 1.21 bits per heavy atom. The average molecular weight is 423 g/mol. The molecule has 0 saturated heterocycles. The summed E-state index contributed by atoms with van der Waals surface area (Å²) in [5.41, 5.74) is 1.71. The van der Waals surface area contributed by atoms with E-state index >= 15 is 0 Å². The van der Waals surface area contributed by atoms with E-state index in [0.717, 1.165) is 41.3 Å². The van der Waals surface area contributed by atoms with Crippen LogP contribution in [0.15, 0.2) is 24.3 Å². The molecule has 0 bridgehead atoms. The summed E-state index contributed by atoms with van der Waals surface area (Å²) in [6.45, 7) is 7.60. The summed E-state index contributed by atoms with van der Waals surface area (Å²) < 4.78 is 11.2. The van der Waals surface area contributed by atoms with Gasteiger partial charge in [-0.05, 0) is 51.5 Å². The summed E-state index contributed by atoms with van der Waals surface area (Å²) in [6.07, 6.45) is 2.16. The van der Waals surface area contributed by atoms with E-state index < -0.39 is 5.60 Å². The predicted molar refractivity (Wildman–Crippen MR) is 114 cm³/mol. The number of fused-ring (bicyclic) bond motifs is 1. The topological polar surface area (TPSA) is 51.7 Å². The molecule has 2 heterocycles. The normalized spacial score (nSPS) is 14.4. The third-order valence-electron chi connectivity index (χ3n) is 4.31. The quantitative estimate of drug-likeness (QED) is 0.493. The van der Waals surface area contributed by atoms with Crippen LogP contribution in [0.4, 0.5) is 4.79 Å². The molecule has 2 aromatic rings. The molecule has 152 valence electrons.